The van der Waals surface area contributed by atoms with Gasteiger partial charge in [-0.1, -0.05) is 0 Å². The average Bonchev–Trinajstić information content (AvgIpc) is 2.02. The summed E-state index contributed by atoms with van der Waals surface area (Å²) in [6.45, 7) is 1.89. The average molecular weight is 178 g/mol. The van der Waals surface area contributed by atoms with Gasteiger partial charge in [-0.2, -0.15) is 0 Å². The molecule has 68 valence electrons. The molecule has 3 nitrogen and oxygen atoms in total. The molecule has 0 radical (unpaired) electrons. The molecule has 1 atom stereocenters. The Morgan fingerprint density at radius 2 is 2.08 bits per heavy atom. The van der Waals surface area contributed by atoms with Crippen molar-refractivity contribution in [3.8, 4) is 17.2 Å². The first kappa shape index (κ1) is 7.98. The van der Waals surface area contributed by atoms with E-state index in [1.54, 1.807) is 6.08 Å². The van der Waals surface area contributed by atoms with Gasteiger partial charge in [-0.15, -0.1) is 0 Å². The van der Waals surface area contributed by atoms with Crippen molar-refractivity contribution in [3.05, 3.63) is 23.8 Å². The van der Waals surface area contributed by atoms with Crippen LogP contribution in [0.1, 0.15) is 12.5 Å². The molecule has 1 aliphatic heterocycles. The fourth-order valence-corrected chi connectivity index (χ4v) is 1.33. The normalized spacial score (nSPS) is 19.3. The molecule has 0 fully saturated rings. The SMILES string of the molecule is CC1C=Cc2c(O)cc(O)cc2O1. The topological polar surface area (TPSA) is 49.7 Å². The van der Waals surface area contributed by atoms with Crippen LogP contribution in [-0.2, 0) is 0 Å². The van der Waals surface area contributed by atoms with Crippen LogP contribution in [0.2, 0.25) is 0 Å². The van der Waals surface area contributed by atoms with Crippen molar-refractivity contribution in [1.29, 1.82) is 0 Å². The molecule has 0 bridgehead atoms. The molecule has 1 unspecified atom stereocenters. The Kier molecular flexibility index (Phi) is 1.65. The van der Waals surface area contributed by atoms with Crippen molar-refractivity contribution in [1.82, 2.24) is 0 Å². The van der Waals surface area contributed by atoms with E-state index in [4.69, 9.17) is 4.74 Å². The second-order valence-electron chi connectivity index (χ2n) is 3.06. The maximum Gasteiger partial charge on any atom is 0.134 e. The van der Waals surface area contributed by atoms with E-state index >= 15 is 0 Å². The Morgan fingerprint density at radius 3 is 2.85 bits per heavy atom. The van der Waals surface area contributed by atoms with Gasteiger partial charge in [-0.25, -0.2) is 0 Å². The smallest absolute Gasteiger partial charge is 0.134 e. The number of ether oxygens (including phenoxy) is 1. The summed E-state index contributed by atoms with van der Waals surface area (Å²) in [5, 5.41) is 18.6. The molecule has 0 aliphatic carbocycles. The van der Waals surface area contributed by atoms with Gasteiger partial charge in [0.15, 0.2) is 0 Å². The molecule has 0 aromatic heterocycles. The fourth-order valence-electron chi connectivity index (χ4n) is 1.33. The molecular weight excluding hydrogens is 168 g/mol. The molecule has 0 amide bonds. The number of hydrogen-bond acceptors (Lipinski definition) is 3. The summed E-state index contributed by atoms with van der Waals surface area (Å²) in [6.07, 6.45) is 3.62. The van der Waals surface area contributed by atoms with Gasteiger partial charge in [-0.05, 0) is 19.1 Å². The molecular formula is C10H10O3. The molecule has 1 aromatic rings. The number of fused-ring (bicyclic) bond motifs is 1. The minimum atomic E-state index is -0.0197. The Balaban J connectivity index is 2.56. The number of benzene rings is 1. The van der Waals surface area contributed by atoms with Crippen LogP contribution in [0, 0.1) is 0 Å². The van der Waals surface area contributed by atoms with E-state index in [9.17, 15) is 10.2 Å². The summed E-state index contributed by atoms with van der Waals surface area (Å²) < 4.78 is 5.39. The molecule has 0 spiro atoms. The van der Waals surface area contributed by atoms with E-state index in [-0.39, 0.29) is 17.6 Å². The van der Waals surface area contributed by atoms with Gasteiger partial charge in [0.2, 0.25) is 0 Å². The van der Waals surface area contributed by atoms with E-state index in [1.165, 1.54) is 12.1 Å². The van der Waals surface area contributed by atoms with Crippen LogP contribution in [0.15, 0.2) is 18.2 Å². The van der Waals surface area contributed by atoms with Gasteiger partial charge in [0, 0.05) is 12.1 Å². The van der Waals surface area contributed by atoms with Gasteiger partial charge >= 0.3 is 0 Å². The van der Waals surface area contributed by atoms with Crippen molar-refractivity contribution < 1.29 is 14.9 Å². The highest BCUT2D eigenvalue weighted by molar-refractivity contribution is 5.67. The molecule has 3 heteroatoms. The van der Waals surface area contributed by atoms with E-state index in [1.807, 2.05) is 13.0 Å². The van der Waals surface area contributed by atoms with Crippen LogP contribution in [0.25, 0.3) is 6.08 Å². The lowest BCUT2D eigenvalue weighted by atomic mass is 10.1. The predicted octanol–water partition coefficient (Wildman–Crippen LogP) is 1.89. The quantitative estimate of drug-likeness (QED) is 0.637. The Labute approximate surface area is 75.9 Å². The second kappa shape index (κ2) is 2.69. The third-order valence-electron chi connectivity index (χ3n) is 1.95. The van der Waals surface area contributed by atoms with Gasteiger partial charge < -0.3 is 14.9 Å². The van der Waals surface area contributed by atoms with Gasteiger partial charge in [0.25, 0.3) is 0 Å². The zero-order valence-corrected chi connectivity index (χ0v) is 7.19. The first-order chi connectivity index (χ1) is 6.16. The molecule has 1 aliphatic rings. The van der Waals surface area contributed by atoms with E-state index < -0.39 is 0 Å². The monoisotopic (exact) mass is 178 g/mol. The third kappa shape index (κ3) is 1.33. The summed E-state index contributed by atoms with van der Waals surface area (Å²) in [4.78, 5) is 0. The molecule has 1 heterocycles. The van der Waals surface area contributed by atoms with Gasteiger partial charge in [-0.3, -0.25) is 0 Å². The summed E-state index contributed by atoms with van der Waals surface area (Å²) in [5.74, 6) is 0.574. The lowest BCUT2D eigenvalue weighted by Gasteiger charge is -2.18. The number of aromatic hydroxyl groups is 2. The van der Waals surface area contributed by atoms with E-state index in [0.29, 0.717) is 11.3 Å². The Bertz CT molecular complexity index is 369. The third-order valence-corrected chi connectivity index (χ3v) is 1.95. The first-order valence-corrected chi connectivity index (χ1v) is 4.07. The molecule has 2 rings (SSSR count). The zero-order valence-electron chi connectivity index (χ0n) is 7.19. The summed E-state index contributed by atoms with van der Waals surface area (Å²) >= 11 is 0. The maximum atomic E-state index is 9.43. The number of rotatable bonds is 0. The van der Waals surface area contributed by atoms with Crippen molar-refractivity contribution in [2.24, 2.45) is 0 Å². The maximum absolute atomic E-state index is 9.43. The van der Waals surface area contributed by atoms with E-state index in [0.717, 1.165) is 0 Å². The molecule has 1 aromatic carbocycles. The van der Waals surface area contributed by atoms with Crippen LogP contribution in [0.4, 0.5) is 0 Å². The lowest BCUT2D eigenvalue weighted by molar-refractivity contribution is 0.263. The van der Waals surface area contributed by atoms with Gasteiger partial charge in [0.05, 0.1) is 5.56 Å². The van der Waals surface area contributed by atoms with Crippen molar-refractivity contribution >= 4 is 6.08 Å². The largest absolute Gasteiger partial charge is 0.508 e. The number of phenols is 2. The summed E-state index contributed by atoms with van der Waals surface area (Å²) in [6, 6.07) is 2.79. The van der Waals surface area contributed by atoms with Gasteiger partial charge in [0.1, 0.15) is 23.4 Å². The second-order valence-corrected chi connectivity index (χ2v) is 3.06. The highest BCUT2D eigenvalue weighted by atomic mass is 16.5. The van der Waals surface area contributed by atoms with Crippen molar-refractivity contribution in [3.63, 3.8) is 0 Å². The Hall–Kier alpha value is -1.64. The lowest BCUT2D eigenvalue weighted by Crippen LogP contribution is -2.11. The minimum absolute atomic E-state index is 0.0127. The Morgan fingerprint density at radius 1 is 1.31 bits per heavy atom. The predicted molar refractivity (Wildman–Crippen MR) is 48.9 cm³/mol. The highest BCUT2D eigenvalue weighted by Crippen LogP contribution is 2.36. The minimum Gasteiger partial charge on any atom is -0.508 e. The van der Waals surface area contributed by atoms with Crippen LogP contribution in [0.5, 0.6) is 17.2 Å². The van der Waals surface area contributed by atoms with Crippen molar-refractivity contribution in [2.45, 2.75) is 13.0 Å². The number of phenolic OH excluding ortho intramolecular Hbond substituents is 2. The van der Waals surface area contributed by atoms with Crippen molar-refractivity contribution in [2.75, 3.05) is 0 Å². The summed E-state index contributed by atoms with van der Waals surface area (Å²) in [5.41, 5.74) is 0.621. The molecule has 2 N–H and O–H groups in total. The zero-order chi connectivity index (χ0) is 9.42. The van der Waals surface area contributed by atoms with Crippen LogP contribution in [0.3, 0.4) is 0 Å². The van der Waals surface area contributed by atoms with Crippen LogP contribution < -0.4 is 4.74 Å². The van der Waals surface area contributed by atoms with Crippen LogP contribution >= 0.6 is 0 Å². The fraction of sp³-hybridized carbons (Fsp3) is 0.200. The standard InChI is InChI=1S/C10H10O3/c1-6-2-3-8-9(12)4-7(11)5-10(8)13-6/h2-6,11-12H,1H3. The highest BCUT2D eigenvalue weighted by Gasteiger charge is 2.14. The molecule has 0 saturated carbocycles. The number of hydrogen-bond donors (Lipinski definition) is 2. The first-order valence-electron chi connectivity index (χ1n) is 4.07. The summed E-state index contributed by atoms with van der Waals surface area (Å²) in [7, 11) is 0. The molecule has 13 heavy (non-hydrogen) atoms. The van der Waals surface area contributed by atoms with Crippen LogP contribution in [-0.4, -0.2) is 16.3 Å². The molecule has 0 saturated heterocycles. The van der Waals surface area contributed by atoms with E-state index in [2.05, 4.69) is 0 Å².